The summed E-state index contributed by atoms with van der Waals surface area (Å²) in [5, 5.41) is 9.05. The van der Waals surface area contributed by atoms with Crippen molar-refractivity contribution in [3.8, 4) is 0 Å². The fraction of sp³-hybridized carbons (Fsp3) is 0.600. The summed E-state index contributed by atoms with van der Waals surface area (Å²) in [6.07, 6.45) is 0.104. The van der Waals surface area contributed by atoms with Gasteiger partial charge in [-0.2, -0.15) is 0 Å². The number of rotatable bonds is 5. The Bertz CT molecular complexity index is 635. The monoisotopic (exact) mass is 363 g/mol. The van der Waals surface area contributed by atoms with Crippen LogP contribution >= 0.6 is 0 Å². The molecule has 0 saturated carbocycles. The van der Waals surface area contributed by atoms with Crippen molar-refractivity contribution in [1.29, 1.82) is 0 Å². The molecule has 1 aliphatic rings. The van der Waals surface area contributed by atoms with Crippen molar-refractivity contribution >= 4 is 12.1 Å². The zero-order valence-corrected chi connectivity index (χ0v) is 16.2. The van der Waals surface area contributed by atoms with Gasteiger partial charge >= 0.3 is 12.1 Å². The number of ether oxygens (including phenoxy) is 2. The van der Waals surface area contributed by atoms with Crippen LogP contribution in [0.15, 0.2) is 30.3 Å². The van der Waals surface area contributed by atoms with Crippen molar-refractivity contribution in [1.82, 2.24) is 4.90 Å². The molecule has 0 aliphatic carbocycles. The summed E-state index contributed by atoms with van der Waals surface area (Å²) in [5.74, 6) is -0.874. The van der Waals surface area contributed by atoms with Crippen LogP contribution in [0.25, 0.3) is 0 Å². The van der Waals surface area contributed by atoms with E-state index in [1.165, 1.54) is 0 Å². The predicted octanol–water partition coefficient (Wildman–Crippen LogP) is 3.83. The van der Waals surface area contributed by atoms with Gasteiger partial charge in [0, 0.05) is 6.42 Å². The third kappa shape index (κ3) is 5.21. The number of nitrogens with zero attached hydrogens (tertiary/aromatic N) is 1. The molecule has 26 heavy (non-hydrogen) atoms. The molecule has 2 atom stereocenters. The molecule has 1 fully saturated rings. The highest BCUT2D eigenvalue weighted by Crippen LogP contribution is 2.37. The predicted molar refractivity (Wildman–Crippen MR) is 97.8 cm³/mol. The summed E-state index contributed by atoms with van der Waals surface area (Å²) < 4.78 is 11.7. The molecule has 1 saturated heterocycles. The lowest BCUT2D eigenvalue weighted by Crippen LogP contribution is -2.51. The molecule has 0 radical (unpaired) electrons. The van der Waals surface area contributed by atoms with E-state index >= 15 is 0 Å². The van der Waals surface area contributed by atoms with Crippen LogP contribution in [0.4, 0.5) is 4.79 Å². The summed E-state index contributed by atoms with van der Waals surface area (Å²) in [4.78, 5) is 25.5. The Hall–Kier alpha value is -2.08. The third-order valence-electron chi connectivity index (χ3n) is 4.30. The van der Waals surface area contributed by atoms with Crippen molar-refractivity contribution in [2.75, 3.05) is 0 Å². The molecule has 6 heteroatoms. The van der Waals surface area contributed by atoms with E-state index in [-0.39, 0.29) is 18.6 Å². The lowest BCUT2D eigenvalue weighted by atomic mass is 9.97. The first-order chi connectivity index (χ1) is 12.0. The highest BCUT2D eigenvalue weighted by atomic mass is 16.6. The van der Waals surface area contributed by atoms with Gasteiger partial charge in [-0.15, -0.1) is 0 Å². The highest BCUT2D eigenvalue weighted by Gasteiger charge is 2.50. The summed E-state index contributed by atoms with van der Waals surface area (Å²) in [5.41, 5.74) is -0.429. The van der Waals surface area contributed by atoms with Crippen molar-refractivity contribution in [3.05, 3.63) is 35.9 Å². The van der Waals surface area contributed by atoms with E-state index in [9.17, 15) is 9.59 Å². The summed E-state index contributed by atoms with van der Waals surface area (Å²) in [6.45, 7) is 9.10. The molecule has 1 aliphatic heterocycles. The van der Waals surface area contributed by atoms with Gasteiger partial charge in [0.15, 0.2) is 0 Å². The van der Waals surface area contributed by atoms with E-state index in [2.05, 4.69) is 0 Å². The minimum Gasteiger partial charge on any atom is -0.481 e. The van der Waals surface area contributed by atoms with Crippen LogP contribution in [0.2, 0.25) is 0 Å². The van der Waals surface area contributed by atoms with Gasteiger partial charge < -0.3 is 14.6 Å². The standard InChI is InChI=1S/C20H29NO5/c1-19(2,3)26-18(24)21-15(13-14-9-7-6-8-10-14)16(11-12-17(22)23)25-20(21,4)5/h6-10,15-16H,11-13H2,1-5H3,(H,22,23). The average molecular weight is 363 g/mol. The third-order valence-corrected chi connectivity index (χ3v) is 4.30. The normalized spacial score (nSPS) is 22.3. The smallest absolute Gasteiger partial charge is 0.412 e. The first-order valence-electron chi connectivity index (χ1n) is 8.95. The molecule has 2 unspecified atom stereocenters. The zero-order chi connectivity index (χ0) is 19.5. The Kier molecular flexibility index (Phi) is 5.96. The number of hydrogen-bond donors (Lipinski definition) is 1. The molecule has 1 aromatic rings. The van der Waals surface area contributed by atoms with Crippen molar-refractivity contribution < 1.29 is 24.2 Å². The van der Waals surface area contributed by atoms with Crippen LogP contribution in [-0.2, 0) is 20.7 Å². The van der Waals surface area contributed by atoms with Crippen LogP contribution in [0.1, 0.15) is 53.0 Å². The molecule has 1 heterocycles. The second kappa shape index (κ2) is 7.66. The first-order valence-corrected chi connectivity index (χ1v) is 8.95. The van der Waals surface area contributed by atoms with Gasteiger partial charge in [-0.25, -0.2) is 4.79 Å². The fourth-order valence-electron chi connectivity index (χ4n) is 3.33. The zero-order valence-electron chi connectivity index (χ0n) is 16.2. The average Bonchev–Trinajstić information content (AvgIpc) is 2.74. The second-order valence-corrected chi connectivity index (χ2v) is 8.14. The lowest BCUT2D eigenvalue weighted by Gasteiger charge is -2.35. The Morgan fingerprint density at radius 2 is 1.85 bits per heavy atom. The topological polar surface area (TPSA) is 76.1 Å². The Morgan fingerprint density at radius 1 is 1.23 bits per heavy atom. The maximum atomic E-state index is 12.9. The molecular weight excluding hydrogens is 334 g/mol. The molecule has 0 aromatic heterocycles. The molecule has 6 nitrogen and oxygen atoms in total. The Morgan fingerprint density at radius 3 is 2.38 bits per heavy atom. The van der Waals surface area contributed by atoms with Gasteiger partial charge in [-0.05, 0) is 53.0 Å². The maximum absolute atomic E-state index is 12.9. The van der Waals surface area contributed by atoms with Gasteiger partial charge in [-0.1, -0.05) is 30.3 Å². The number of carboxylic acids is 1. The Balaban J connectivity index is 2.30. The van der Waals surface area contributed by atoms with Crippen molar-refractivity contribution in [3.63, 3.8) is 0 Å². The van der Waals surface area contributed by atoms with Gasteiger partial charge in [0.05, 0.1) is 12.1 Å². The molecule has 1 amide bonds. The molecular formula is C20H29NO5. The van der Waals surface area contributed by atoms with Crippen molar-refractivity contribution in [2.24, 2.45) is 0 Å². The maximum Gasteiger partial charge on any atom is 0.412 e. The van der Waals surface area contributed by atoms with E-state index < -0.39 is 23.4 Å². The van der Waals surface area contributed by atoms with Crippen LogP contribution in [-0.4, -0.2) is 45.5 Å². The van der Waals surface area contributed by atoms with E-state index in [0.29, 0.717) is 12.8 Å². The molecule has 2 rings (SSSR count). The molecule has 0 bridgehead atoms. The van der Waals surface area contributed by atoms with Crippen molar-refractivity contribution in [2.45, 2.75) is 77.4 Å². The summed E-state index contributed by atoms with van der Waals surface area (Å²) >= 11 is 0. The number of carboxylic acid groups (broad SMARTS) is 1. The van der Waals surface area contributed by atoms with E-state index in [4.69, 9.17) is 14.6 Å². The van der Waals surface area contributed by atoms with Crippen LogP contribution in [0.3, 0.4) is 0 Å². The molecule has 144 valence electrons. The number of carbonyl (C=O) groups excluding carboxylic acids is 1. The number of amides is 1. The quantitative estimate of drug-likeness (QED) is 0.860. The minimum absolute atomic E-state index is 0.00576. The number of hydrogen-bond acceptors (Lipinski definition) is 4. The summed E-state index contributed by atoms with van der Waals surface area (Å²) in [6, 6.07) is 9.52. The van der Waals surface area contributed by atoms with E-state index in [0.717, 1.165) is 5.56 Å². The number of benzene rings is 1. The van der Waals surface area contributed by atoms with Crippen LogP contribution in [0, 0.1) is 0 Å². The summed E-state index contributed by atoms with van der Waals surface area (Å²) in [7, 11) is 0. The van der Waals surface area contributed by atoms with Gasteiger partial charge in [0.2, 0.25) is 0 Å². The fourth-order valence-corrected chi connectivity index (χ4v) is 3.33. The molecule has 1 N–H and O–H groups in total. The van der Waals surface area contributed by atoms with Gasteiger partial charge in [0.1, 0.15) is 11.3 Å². The highest BCUT2D eigenvalue weighted by molar-refractivity contribution is 5.70. The van der Waals surface area contributed by atoms with Gasteiger partial charge in [0.25, 0.3) is 0 Å². The largest absolute Gasteiger partial charge is 0.481 e. The number of aliphatic carboxylic acids is 1. The first kappa shape index (κ1) is 20.2. The second-order valence-electron chi connectivity index (χ2n) is 8.14. The number of carbonyl (C=O) groups is 2. The molecule has 1 aromatic carbocycles. The molecule has 0 spiro atoms. The van der Waals surface area contributed by atoms with E-state index in [1.807, 2.05) is 65.0 Å². The SMILES string of the molecule is CC(C)(C)OC(=O)N1C(Cc2ccccc2)C(CCC(=O)O)OC1(C)C. The van der Waals surface area contributed by atoms with Crippen LogP contribution < -0.4 is 0 Å². The van der Waals surface area contributed by atoms with E-state index in [1.54, 1.807) is 4.90 Å². The van der Waals surface area contributed by atoms with Crippen LogP contribution in [0.5, 0.6) is 0 Å². The minimum atomic E-state index is -0.874. The lowest BCUT2D eigenvalue weighted by molar-refractivity contribution is -0.138. The Labute approximate surface area is 155 Å². The van der Waals surface area contributed by atoms with Gasteiger partial charge in [-0.3, -0.25) is 9.69 Å².